The minimum Gasteiger partial charge on any atom is -0.508 e. The summed E-state index contributed by atoms with van der Waals surface area (Å²) in [7, 11) is 5.44. The first kappa shape index (κ1) is 22.0. The molecule has 30 heavy (non-hydrogen) atoms. The topological polar surface area (TPSA) is 79.3 Å². The lowest BCUT2D eigenvalue weighted by molar-refractivity contribution is -0.152. The number of amides is 1. The highest BCUT2D eigenvalue weighted by Crippen LogP contribution is 2.47. The highest BCUT2D eigenvalue weighted by Gasteiger charge is 2.40. The fourth-order valence-electron chi connectivity index (χ4n) is 3.28. The van der Waals surface area contributed by atoms with Crippen molar-refractivity contribution in [2.24, 2.45) is 0 Å². The SMILES string of the molecule is COc1ccc([C@H]2Sc3cc(O)ccc3N(CCN(C)C)C(=O)[C@H]2OC(C)=O)cc1. The summed E-state index contributed by atoms with van der Waals surface area (Å²) in [5.74, 6) is -0.00213. The maximum Gasteiger partial charge on any atom is 0.303 e. The van der Waals surface area contributed by atoms with Gasteiger partial charge >= 0.3 is 5.97 Å². The van der Waals surface area contributed by atoms with Crippen LogP contribution < -0.4 is 9.64 Å². The summed E-state index contributed by atoms with van der Waals surface area (Å²) in [5.41, 5.74) is 1.52. The number of rotatable bonds is 6. The first-order valence-corrected chi connectivity index (χ1v) is 10.4. The summed E-state index contributed by atoms with van der Waals surface area (Å²) in [6.07, 6.45) is -1.00. The van der Waals surface area contributed by atoms with E-state index in [4.69, 9.17) is 9.47 Å². The molecule has 2 atom stereocenters. The Morgan fingerprint density at radius 3 is 2.50 bits per heavy atom. The van der Waals surface area contributed by atoms with Crippen LogP contribution >= 0.6 is 11.8 Å². The highest BCUT2D eigenvalue weighted by atomic mass is 32.2. The molecule has 0 unspecified atom stereocenters. The predicted octanol–water partition coefficient (Wildman–Crippen LogP) is 3.07. The van der Waals surface area contributed by atoms with E-state index in [1.165, 1.54) is 18.7 Å². The van der Waals surface area contributed by atoms with Crippen molar-refractivity contribution < 1.29 is 24.2 Å². The summed E-state index contributed by atoms with van der Waals surface area (Å²) in [5, 5.41) is 9.59. The van der Waals surface area contributed by atoms with Crippen LogP contribution in [0.3, 0.4) is 0 Å². The summed E-state index contributed by atoms with van der Waals surface area (Å²) >= 11 is 1.40. The molecule has 1 aliphatic heterocycles. The third-order valence-corrected chi connectivity index (χ3v) is 6.13. The third kappa shape index (κ3) is 4.88. The molecule has 0 radical (unpaired) electrons. The van der Waals surface area contributed by atoms with Crippen molar-refractivity contribution in [3.05, 3.63) is 48.0 Å². The lowest BCUT2D eigenvalue weighted by Crippen LogP contribution is -2.45. The van der Waals surface area contributed by atoms with Crippen LogP contribution in [-0.4, -0.2) is 62.3 Å². The number of esters is 1. The number of carbonyl (C=O) groups excluding carboxylic acids is 2. The molecule has 1 amide bonds. The van der Waals surface area contributed by atoms with Crippen LogP contribution in [-0.2, 0) is 14.3 Å². The molecule has 0 spiro atoms. The van der Waals surface area contributed by atoms with Gasteiger partial charge in [0.1, 0.15) is 11.5 Å². The van der Waals surface area contributed by atoms with Gasteiger partial charge in [-0.25, -0.2) is 0 Å². The number of ether oxygens (including phenoxy) is 2. The number of phenolic OH excluding ortho intramolecular Hbond substituents is 1. The molecule has 0 saturated carbocycles. The second-order valence-corrected chi connectivity index (χ2v) is 8.47. The standard InChI is InChI=1S/C22H26N2O5S/c1-14(25)29-20-21(15-5-8-17(28-4)9-6-15)30-19-13-16(26)7-10-18(19)24(22(20)27)12-11-23(2)3/h5-10,13,20-21,26H,11-12H2,1-4H3/t20-,21+/m0/s1. The molecule has 1 aliphatic rings. The molecule has 8 heteroatoms. The van der Waals surface area contributed by atoms with E-state index in [0.29, 0.717) is 24.5 Å². The predicted molar refractivity (Wildman–Crippen MR) is 116 cm³/mol. The Morgan fingerprint density at radius 2 is 1.90 bits per heavy atom. The number of hydrogen-bond donors (Lipinski definition) is 1. The molecule has 0 aromatic heterocycles. The van der Waals surface area contributed by atoms with Crippen LogP contribution in [0, 0.1) is 0 Å². The van der Waals surface area contributed by atoms with Crippen molar-refractivity contribution in [2.75, 3.05) is 39.2 Å². The molecule has 7 nitrogen and oxygen atoms in total. The molecule has 0 fully saturated rings. The summed E-state index contributed by atoms with van der Waals surface area (Å²) in [6.45, 7) is 2.37. The van der Waals surface area contributed by atoms with Crippen molar-refractivity contribution in [3.63, 3.8) is 0 Å². The first-order valence-electron chi connectivity index (χ1n) is 9.57. The highest BCUT2D eigenvalue weighted by molar-refractivity contribution is 7.99. The van der Waals surface area contributed by atoms with Gasteiger partial charge in [-0.15, -0.1) is 11.8 Å². The van der Waals surface area contributed by atoms with Gasteiger partial charge in [0.2, 0.25) is 0 Å². The van der Waals surface area contributed by atoms with Crippen LogP contribution in [0.2, 0.25) is 0 Å². The zero-order valence-electron chi connectivity index (χ0n) is 17.5. The van der Waals surface area contributed by atoms with Gasteiger partial charge in [-0.1, -0.05) is 12.1 Å². The molecule has 0 aliphatic carbocycles. The average Bonchev–Trinajstić information content (AvgIpc) is 2.81. The molecule has 0 bridgehead atoms. The van der Waals surface area contributed by atoms with Gasteiger partial charge in [-0.05, 0) is 50.0 Å². The van der Waals surface area contributed by atoms with Crippen LogP contribution in [0.15, 0.2) is 47.4 Å². The lowest BCUT2D eigenvalue weighted by Gasteiger charge is -2.28. The number of fused-ring (bicyclic) bond motifs is 1. The summed E-state index contributed by atoms with van der Waals surface area (Å²) in [4.78, 5) is 29.8. The van der Waals surface area contributed by atoms with Crippen molar-refractivity contribution in [1.29, 1.82) is 0 Å². The molecule has 1 heterocycles. The number of likely N-dealkylation sites (N-methyl/N-ethyl adjacent to an activating group) is 1. The maximum absolute atomic E-state index is 13.6. The normalized spacial score (nSPS) is 18.7. The monoisotopic (exact) mass is 430 g/mol. The van der Waals surface area contributed by atoms with Crippen molar-refractivity contribution in [3.8, 4) is 11.5 Å². The Hall–Kier alpha value is -2.71. The fourth-order valence-corrected chi connectivity index (χ4v) is 4.63. The van der Waals surface area contributed by atoms with Gasteiger partial charge in [0.25, 0.3) is 5.91 Å². The first-order chi connectivity index (χ1) is 14.3. The van der Waals surface area contributed by atoms with Crippen LogP contribution in [0.5, 0.6) is 11.5 Å². The number of phenols is 1. The number of benzene rings is 2. The summed E-state index contributed by atoms with van der Waals surface area (Å²) < 4.78 is 10.8. The quantitative estimate of drug-likeness (QED) is 0.706. The molecule has 0 saturated heterocycles. The number of aromatic hydroxyl groups is 1. The number of anilines is 1. The average molecular weight is 431 g/mol. The largest absolute Gasteiger partial charge is 0.508 e. The van der Waals surface area contributed by atoms with Gasteiger partial charge in [0, 0.05) is 24.9 Å². The van der Waals surface area contributed by atoms with E-state index in [-0.39, 0.29) is 11.7 Å². The molecular weight excluding hydrogens is 404 g/mol. The van der Waals surface area contributed by atoms with Gasteiger partial charge in [-0.2, -0.15) is 0 Å². The van der Waals surface area contributed by atoms with Crippen LogP contribution in [0.4, 0.5) is 5.69 Å². The van der Waals surface area contributed by atoms with Gasteiger partial charge < -0.3 is 24.4 Å². The number of nitrogens with zero attached hydrogens (tertiary/aromatic N) is 2. The molecule has 160 valence electrons. The zero-order valence-corrected chi connectivity index (χ0v) is 18.3. The number of hydrogen-bond acceptors (Lipinski definition) is 7. The van der Waals surface area contributed by atoms with Gasteiger partial charge in [0.05, 0.1) is 18.0 Å². The van der Waals surface area contributed by atoms with Crippen molar-refractivity contribution in [2.45, 2.75) is 23.2 Å². The van der Waals surface area contributed by atoms with E-state index in [1.54, 1.807) is 30.2 Å². The van der Waals surface area contributed by atoms with Crippen LogP contribution in [0.25, 0.3) is 0 Å². The minimum absolute atomic E-state index is 0.112. The zero-order chi connectivity index (χ0) is 21.8. The second-order valence-electron chi connectivity index (χ2n) is 7.29. The van der Waals surface area contributed by atoms with E-state index in [2.05, 4.69) is 0 Å². The fraction of sp³-hybridized carbons (Fsp3) is 0.364. The molecule has 3 rings (SSSR count). The molecule has 2 aromatic rings. The number of methoxy groups -OCH3 is 1. The van der Waals surface area contributed by atoms with Crippen molar-refractivity contribution >= 4 is 29.3 Å². The maximum atomic E-state index is 13.6. The van der Waals surface area contributed by atoms with Gasteiger partial charge in [-0.3, -0.25) is 9.59 Å². The van der Waals surface area contributed by atoms with E-state index in [0.717, 1.165) is 10.5 Å². The van der Waals surface area contributed by atoms with E-state index < -0.39 is 17.3 Å². The van der Waals surface area contributed by atoms with E-state index in [9.17, 15) is 14.7 Å². The Bertz CT molecular complexity index is 916. The van der Waals surface area contributed by atoms with Crippen LogP contribution in [0.1, 0.15) is 17.7 Å². The molecular formula is C22H26N2O5S. The van der Waals surface area contributed by atoms with E-state index >= 15 is 0 Å². The summed E-state index contributed by atoms with van der Waals surface area (Å²) in [6, 6.07) is 12.3. The van der Waals surface area contributed by atoms with E-state index in [1.807, 2.05) is 43.3 Å². The Labute approximate surface area is 180 Å². The Morgan fingerprint density at radius 1 is 1.20 bits per heavy atom. The molecule has 2 aromatic carbocycles. The number of thioether (sulfide) groups is 1. The van der Waals surface area contributed by atoms with Crippen molar-refractivity contribution in [1.82, 2.24) is 4.90 Å². The van der Waals surface area contributed by atoms with Gasteiger partial charge in [0.15, 0.2) is 6.10 Å². The smallest absolute Gasteiger partial charge is 0.303 e. The number of carbonyl (C=O) groups is 2. The Balaban J connectivity index is 2.09. The third-order valence-electron chi connectivity index (χ3n) is 4.78. The Kier molecular flexibility index (Phi) is 6.89. The minimum atomic E-state index is -1.00. The lowest BCUT2D eigenvalue weighted by atomic mass is 10.1. The second kappa shape index (κ2) is 9.40. The molecule has 1 N–H and O–H groups in total.